The Bertz CT molecular complexity index is 715. The Kier molecular flexibility index (Phi) is 3.94. The minimum Gasteiger partial charge on any atom is -0.295 e. The quantitative estimate of drug-likeness (QED) is 0.584. The normalized spacial score (nSPS) is 20.1. The second-order valence-electron chi connectivity index (χ2n) is 4.61. The lowest BCUT2D eigenvalue weighted by Crippen LogP contribution is -2.54. The highest BCUT2D eigenvalue weighted by Crippen LogP contribution is 2.28. The average molecular weight is 304 g/mol. The molecule has 0 spiro atoms. The number of carbonyl (C=O) groups is 4. The van der Waals surface area contributed by atoms with E-state index in [-0.39, 0.29) is 24.0 Å². The van der Waals surface area contributed by atoms with E-state index in [9.17, 15) is 23.6 Å². The molecule has 1 saturated heterocycles. The largest absolute Gasteiger partial charge is 0.295 e. The maximum Gasteiger partial charge on any atom is 0.265 e. The van der Waals surface area contributed by atoms with Gasteiger partial charge in [-0.25, -0.2) is 4.39 Å². The Morgan fingerprint density at radius 3 is 2.41 bits per heavy atom. The van der Waals surface area contributed by atoms with Gasteiger partial charge in [-0.1, -0.05) is 6.07 Å². The van der Waals surface area contributed by atoms with Gasteiger partial charge in [0.15, 0.2) is 0 Å². The van der Waals surface area contributed by atoms with E-state index in [0.717, 1.165) is 11.0 Å². The Balaban J connectivity index is 0.000000847. The number of amides is 4. The van der Waals surface area contributed by atoms with E-state index in [2.05, 4.69) is 5.32 Å². The molecule has 3 rings (SSSR count). The molecule has 8 nitrogen and oxygen atoms in total. The first-order chi connectivity index (χ1) is 10.5. The van der Waals surface area contributed by atoms with Crippen LogP contribution in [-0.2, 0) is 9.59 Å². The maximum atomic E-state index is 13.7. The van der Waals surface area contributed by atoms with Crippen LogP contribution in [0, 0.1) is 16.6 Å². The summed E-state index contributed by atoms with van der Waals surface area (Å²) in [4.78, 5) is 47.9. The fraction of sp³-hybridized carbons (Fsp3) is 0.231. The summed E-state index contributed by atoms with van der Waals surface area (Å²) in [6.07, 6.45) is 0.0873. The highest BCUT2D eigenvalue weighted by molar-refractivity contribution is 6.23. The van der Waals surface area contributed by atoms with Crippen LogP contribution in [0.25, 0.3) is 0 Å². The van der Waals surface area contributed by atoms with Crippen LogP contribution in [0.1, 0.15) is 33.6 Å². The van der Waals surface area contributed by atoms with Crippen LogP contribution in [0.2, 0.25) is 0 Å². The van der Waals surface area contributed by atoms with Crippen molar-refractivity contribution in [2.75, 3.05) is 0 Å². The van der Waals surface area contributed by atoms with E-state index in [1.807, 2.05) is 0 Å². The number of nitrogens with one attached hydrogen (secondary N) is 1. The summed E-state index contributed by atoms with van der Waals surface area (Å²) in [5, 5.41) is 14.1. The van der Waals surface area contributed by atoms with Crippen molar-refractivity contribution < 1.29 is 23.6 Å². The number of nitrogens with zero attached hydrogens (tertiary/aromatic N) is 3. The zero-order valence-electron chi connectivity index (χ0n) is 11.1. The predicted molar refractivity (Wildman–Crippen MR) is 66.5 cm³/mol. The third kappa shape index (κ3) is 2.20. The zero-order valence-corrected chi connectivity index (χ0v) is 11.1. The molecule has 22 heavy (non-hydrogen) atoms. The molecule has 0 bridgehead atoms. The van der Waals surface area contributed by atoms with Gasteiger partial charge in [-0.2, -0.15) is 0 Å². The summed E-state index contributed by atoms with van der Waals surface area (Å²) in [7, 11) is 0. The monoisotopic (exact) mass is 304 g/mol. The molecule has 112 valence electrons. The molecule has 2 aliphatic rings. The Labute approximate surface area is 123 Å². The minimum atomic E-state index is -1.07. The summed E-state index contributed by atoms with van der Waals surface area (Å²) >= 11 is 0. The smallest absolute Gasteiger partial charge is 0.265 e. The first kappa shape index (κ1) is 15.2. The lowest BCUT2D eigenvalue weighted by atomic mass is 10.0. The van der Waals surface area contributed by atoms with E-state index in [4.69, 9.17) is 10.8 Å². The highest BCUT2D eigenvalue weighted by Gasteiger charge is 2.45. The number of hydrogen-bond donors (Lipinski definition) is 1. The van der Waals surface area contributed by atoms with Crippen LogP contribution in [0.15, 0.2) is 18.2 Å². The maximum absolute atomic E-state index is 13.7. The first-order valence-electron chi connectivity index (χ1n) is 6.21. The fourth-order valence-corrected chi connectivity index (χ4v) is 2.47. The van der Waals surface area contributed by atoms with Gasteiger partial charge in [0.2, 0.25) is 11.8 Å². The molecule has 1 aromatic carbocycles. The van der Waals surface area contributed by atoms with Crippen molar-refractivity contribution in [2.24, 2.45) is 0 Å². The number of hydrogen-bond acceptors (Lipinski definition) is 6. The van der Waals surface area contributed by atoms with E-state index >= 15 is 0 Å². The van der Waals surface area contributed by atoms with Crippen molar-refractivity contribution in [1.82, 2.24) is 10.2 Å². The van der Waals surface area contributed by atoms with E-state index < -0.39 is 35.5 Å². The lowest BCUT2D eigenvalue weighted by molar-refractivity contribution is -0.136. The van der Waals surface area contributed by atoms with E-state index in [1.165, 1.54) is 12.1 Å². The number of halogens is 1. The van der Waals surface area contributed by atoms with Crippen molar-refractivity contribution >= 4 is 23.6 Å². The first-order valence-corrected chi connectivity index (χ1v) is 6.21. The molecule has 0 aliphatic carbocycles. The summed E-state index contributed by atoms with van der Waals surface area (Å²) < 4.78 is 13.7. The van der Waals surface area contributed by atoms with Gasteiger partial charge in [0.25, 0.3) is 11.8 Å². The van der Waals surface area contributed by atoms with Gasteiger partial charge in [0, 0.05) is 17.2 Å². The van der Waals surface area contributed by atoms with Gasteiger partial charge in [0.05, 0.1) is 11.1 Å². The van der Waals surface area contributed by atoms with Gasteiger partial charge in [-0.05, 0) is 18.6 Å². The molecule has 0 aromatic heterocycles. The van der Waals surface area contributed by atoms with Gasteiger partial charge in [-0.3, -0.25) is 29.4 Å². The standard InChI is InChI=1S/C13H9FN2O4.N2/c14-7-3-1-2-6-10(7)13(20)16(12(6)19)8-4-5-9(17)15-11(8)18;1-2/h1-3,8H,4-5H2,(H,15,17,18);. The molecule has 1 atom stereocenters. The lowest BCUT2D eigenvalue weighted by Gasteiger charge is -2.27. The van der Waals surface area contributed by atoms with E-state index in [0.29, 0.717) is 0 Å². The summed E-state index contributed by atoms with van der Waals surface area (Å²) in [5.41, 5.74) is -0.373. The van der Waals surface area contributed by atoms with Crippen LogP contribution >= 0.6 is 0 Å². The SMILES string of the molecule is N#N.O=C1CCC(N2C(=O)c3cccc(F)c3C2=O)C(=O)N1. The van der Waals surface area contributed by atoms with Crippen molar-refractivity contribution in [3.05, 3.63) is 35.1 Å². The van der Waals surface area contributed by atoms with Gasteiger partial charge in [0.1, 0.15) is 11.9 Å². The van der Waals surface area contributed by atoms with Crippen molar-refractivity contribution in [3.63, 3.8) is 0 Å². The molecule has 4 amide bonds. The number of carbonyl (C=O) groups excluding carboxylic acids is 4. The number of imide groups is 2. The summed E-state index contributed by atoms with van der Waals surface area (Å²) in [6.45, 7) is 0. The second-order valence-corrected chi connectivity index (χ2v) is 4.61. The highest BCUT2D eigenvalue weighted by atomic mass is 19.1. The van der Waals surface area contributed by atoms with Gasteiger partial charge < -0.3 is 0 Å². The summed E-state index contributed by atoms with van der Waals surface area (Å²) in [5.74, 6) is -3.50. The molecule has 9 heteroatoms. The third-order valence-electron chi connectivity index (χ3n) is 3.42. The number of benzene rings is 1. The molecule has 2 aliphatic heterocycles. The van der Waals surface area contributed by atoms with Crippen molar-refractivity contribution in [1.29, 1.82) is 10.8 Å². The van der Waals surface area contributed by atoms with Crippen molar-refractivity contribution in [3.8, 4) is 0 Å². The zero-order chi connectivity index (χ0) is 16.4. The summed E-state index contributed by atoms with van der Waals surface area (Å²) in [6, 6.07) is 2.68. The van der Waals surface area contributed by atoms with Crippen LogP contribution < -0.4 is 5.32 Å². The molecule has 0 saturated carbocycles. The molecular formula is C13H9FN4O4. The average Bonchev–Trinajstić information content (AvgIpc) is 2.75. The second kappa shape index (κ2) is 5.69. The molecule has 0 radical (unpaired) electrons. The van der Waals surface area contributed by atoms with Crippen LogP contribution in [-0.4, -0.2) is 34.6 Å². The van der Waals surface area contributed by atoms with E-state index in [1.54, 1.807) is 0 Å². The molecule has 1 N–H and O–H groups in total. The molecule has 2 heterocycles. The van der Waals surface area contributed by atoms with Gasteiger partial charge >= 0.3 is 0 Å². The Hall–Kier alpha value is -3.15. The van der Waals surface area contributed by atoms with Crippen LogP contribution in [0.3, 0.4) is 0 Å². The fourth-order valence-electron chi connectivity index (χ4n) is 2.47. The minimum absolute atomic E-state index is 0.0340. The molecule has 1 fully saturated rings. The molecular weight excluding hydrogens is 295 g/mol. The Morgan fingerprint density at radius 2 is 1.82 bits per heavy atom. The van der Waals surface area contributed by atoms with Crippen LogP contribution in [0.4, 0.5) is 4.39 Å². The number of fused-ring (bicyclic) bond motifs is 1. The predicted octanol–water partition coefficient (Wildman–Crippen LogP) is 0.257. The number of piperidine rings is 1. The molecule has 1 unspecified atom stereocenters. The topological polar surface area (TPSA) is 131 Å². The number of rotatable bonds is 1. The van der Waals surface area contributed by atoms with Gasteiger partial charge in [-0.15, -0.1) is 0 Å². The molecule has 1 aromatic rings. The van der Waals surface area contributed by atoms with Crippen molar-refractivity contribution in [2.45, 2.75) is 18.9 Å². The Morgan fingerprint density at radius 1 is 1.14 bits per heavy atom. The third-order valence-corrected chi connectivity index (χ3v) is 3.42. The van der Waals surface area contributed by atoms with Crippen LogP contribution in [0.5, 0.6) is 0 Å².